The van der Waals surface area contributed by atoms with Crippen molar-refractivity contribution in [2.75, 3.05) is 23.9 Å². The molecule has 0 aromatic heterocycles. The van der Waals surface area contributed by atoms with Crippen LogP contribution in [-0.4, -0.2) is 25.5 Å². The molecule has 0 spiro atoms. The van der Waals surface area contributed by atoms with Crippen molar-refractivity contribution in [1.29, 1.82) is 0 Å². The number of nitrogens with one attached hydrogen (secondary N) is 1. The van der Waals surface area contributed by atoms with Crippen LogP contribution in [0.5, 0.6) is 5.75 Å². The molecule has 130 valence electrons. The Kier molecular flexibility index (Phi) is 5.08. The fourth-order valence-corrected chi connectivity index (χ4v) is 3.52. The number of hydrogen-bond donors (Lipinski definition) is 1. The van der Waals surface area contributed by atoms with Crippen LogP contribution < -0.4 is 15.0 Å². The van der Waals surface area contributed by atoms with Crippen molar-refractivity contribution in [2.24, 2.45) is 0 Å². The average molecular weight is 403 g/mol. The third kappa shape index (κ3) is 3.69. The number of carbonyl (C=O) groups excluding carboxylic acids is 2. The molecule has 5 nitrogen and oxygen atoms in total. The molecule has 0 atom stereocenters. The first-order valence-electron chi connectivity index (χ1n) is 8.02. The summed E-state index contributed by atoms with van der Waals surface area (Å²) in [6.07, 6.45) is 1.02. The normalized spacial score (nSPS) is 12.3. The van der Waals surface area contributed by atoms with Gasteiger partial charge in [-0.3, -0.25) is 9.59 Å². The van der Waals surface area contributed by atoms with Gasteiger partial charge in [0.15, 0.2) is 0 Å². The molecule has 2 aromatic rings. The topological polar surface area (TPSA) is 58.6 Å². The largest absolute Gasteiger partial charge is 0.497 e. The van der Waals surface area contributed by atoms with Crippen LogP contribution in [0.15, 0.2) is 40.9 Å². The number of fused-ring (bicyclic) bond motifs is 1. The number of imide groups is 1. The minimum atomic E-state index is -0.299. The van der Waals surface area contributed by atoms with Gasteiger partial charge in [-0.1, -0.05) is 28.1 Å². The summed E-state index contributed by atoms with van der Waals surface area (Å²) >= 11 is 3.47. The highest BCUT2D eigenvalue weighted by atomic mass is 79.9. The second kappa shape index (κ2) is 7.27. The molecule has 2 aromatic carbocycles. The molecule has 6 heteroatoms. The number of rotatable bonds is 4. The summed E-state index contributed by atoms with van der Waals surface area (Å²) < 4.78 is 5.98. The summed E-state index contributed by atoms with van der Waals surface area (Å²) in [6.45, 7) is 2.21. The highest BCUT2D eigenvalue weighted by molar-refractivity contribution is 9.10. The zero-order chi connectivity index (χ0) is 18.0. The molecule has 0 saturated carbocycles. The van der Waals surface area contributed by atoms with Crippen molar-refractivity contribution < 1.29 is 14.3 Å². The Labute approximate surface area is 155 Å². The molecule has 1 aliphatic heterocycles. The summed E-state index contributed by atoms with van der Waals surface area (Å²) in [5.74, 6) is 0.174. The first kappa shape index (κ1) is 17.5. The Bertz CT molecular complexity index is 818. The lowest BCUT2D eigenvalue weighted by atomic mass is 10.1. The van der Waals surface area contributed by atoms with Crippen LogP contribution >= 0.6 is 15.9 Å². The molecule has 0 unspecified atom stereocenters. The highest BCUT2D eigenvalue weighted by Gasteiger charge is 2.26. The highest BCUT2D eigenvalue weighted by Crippen LogP contribution is 2.37. The molecule has 0 bridgehead atoms. The van der Waals surface area contributed by atoms with Gasteiger partial charge in [0, 0.05) is 17.9 Å². The summed E-state index contributed by atoms with van der Waals surface area (Å²) in [5.41, 5.74) is 3.40. The summed E-state index contributed by atoms with van der Waals surface area (Å²) in [4.78, 5) is 26.3. The summed E-state index contributed by atoms with van der Waals surface area (Å²) in [6, 6.07) is 11.1. The monoisotopic (exact) mass is 402 g/mol. The lowest BCUT2D eigenvalue weighted by Crippen LogP contribution is -2.36. The Balaban J connectivity index is 1.91. The second-order valence-electron chi connectivity index (χ2n) is 5.91. The van der Waals surface area contributed by atoms with Crippen molar-refractivity contribution in [3.63, 3.8) is 0 Å². The van der Waals surface area contributed by atoms with E-state index in [1.807, 2.05) is 24.3 Å². The lowest BCUT2D eigenvalue weighted by Gasteiger charge is -2.22. The standard InChI is InChI=1S/C19H19BrN2O3/c1-12(23)22(17-11-15(20)10-14-7-8-21-19(14)17)18(24)9-13-3-5-16(25-2)6-4-13/h3-6,10-11,21H,7-9H2,1-2H3. The maximum Gasteiger partial charge on any atom is 0.238 e. The zero-order valence-electron chi connectivity index (χ0n) is 14.1. The molecule has 3 rings (SSSR count). The van der Waals surface area contributed by atoms with Crippen LogP contribution in [0.3, 0.4) is 0 Å². The van der Waals surface area contributed by atoms with Gasteiger partial charge in [0.1, 0.15) is 5.75 Å². The first-order valence-corrected chi connectivity index (χ1v) is 8.81. The van der Waals surface area contributed by atoms with E-state index in [1.54, 1.807) is 19.2 Å². The van der Waals surface area contributed by atoms with Crippen molar-refractivity contribution in [1.82, 2.24) is 0 Å². The number of benzene rings is 2. The van der Waals surface area contributed by atoms with Gasteiger partial charge >= 0.3 is 0 Å². The molecule has 1 aliphatic rings. The molecular formula is C19H19BrN2O3. The van der Waals surface area contributed by atoms with E-state index < -0.39 is 0 Å². The number of carbonyl (C=O) groups is 2. The minimum Gasteiger partial charge on any atom is -0.497 e. The van der Waals surface area contributed by atoms with E-state index in [1.165, 1.54) is 11.8 Å². The van der Waals surface area contributed by atoms with E-state index in [0.29, 0.717) is 5.69 Å². The van der Waals surface area contributed by atoms with Gasteiger partial charge in [0.25, 0.3) is 0 Å². The van der Waals surface area contributed by atoms with Gasteiger partial charge in [-0.25, -0.2) is 4.90 Å². The number of amides is 2. The van der Waals surface area contributed by atoms with Crippen LogP contribution in [0, 0.1) is 0 Å². The zero-order valence-corrected chi connectivity index (χ0v) is 15.7. The Morgan fingerprint density at radius 3 is 2.60 bits per heavy atom. The maximum atomic E-state index is 12.9. The molecule has 2 amide bonds. The summed E-state index contributed by atoms with van der Waals surface area (Å²) in [7, 11) is 1.60. The Hall–Kier alpha value is -2.34. The van der Waals surface area contributed by atoms with Gasteiger partial charge in [0.2, 0.25) is 11.8 Å². The smallest absolute Gasteiger partial charge is 0.238 e. The van der Waals surface area contributed by atoms with Crippen molar-refractivity contribution in [3.05, 3.63) is 52.0 Å². The molecule has 0 fully saturated rings. The van der Waals surface area contributed by atoms with Crippen LogP contribution in [0.2, 0.25) is 0 Å². The molecule has 0 saturated heterocycles. The van der Waals surface area contributed by atoms with Crippen LogP contribution in [0.25, 0.3) is 0 Å². The Morgan fingerprint density at radius 2 is 1.96 bits per heavy atom. The third-order valence-corrected chi connectivity index (χ3v) is 4.64. The molecule has 1 heterocycles. The molecule has 1 N–H and O–H groups in total. The van der Waals surface area contributed by atoms with Crippen LogP contribution in [0.1, 0.15) is 18.1 Å². The predicted octanol–water partition coefficient (Wildman–Crippen LogP) is 3.55. The van der Waals surface area contributed by atoms with Gasteiger partial charge in [-0.2, -0.15) is 0 Å². The number of halogens is 1. The van der Waals surface area contributed by atoms with E-state index in [2.05, 4.69) is 21.2 Å². The average Bonchev–Trinajstić information content (AvgIpc) is 3.03. The van der Waals surface area contributed by atoms with E-state index in [-0.39, 0.29) is 18.2 Å². The van der Waals surface area contributed by atoms with E-state index >= 15 is 0 Å². The minimum absolute atomic E-state index is 0.144. The molecule has 0 radical (unpaired) electrons. The lowest BCUT2D eigenvalue weighted by molar-refractivity contribution is -0.125. The molecule has 0 aliphatic carbocycles. The van der Waals surface area contributed by atoms with Crippen molar-refractivity contribution in [2.45, 2.75) is 19.8 Å². The first-order chi connectivity index (χ1) is 12.0. The van der Waals surface area contributed by atoms with Crippen LogP contribution in [-0.2, 0) is 22.4 Å². The predicted molar refractivity (Wildman–Crippen MR) is 101 cm³/mol. The quantitative estimate of drug-likeness (QED) is 0.849. The fraction of sp³-hybridized carbons (Fsp3) is 0.263. The number of nitrogens with zero attached hydrogens (tertiary/aromatic N) is 1. The van der Waals surface area contributed by atoms with E-state index in [4.69, 9.17) is 4.74 Å². The van der Waals surface area contributed by atoms with Crippen LogP contribution in [0.4, 0.5) is 11.4 Å². The molecular weight excluding hydrogens is 384 g/mol. The number of ether oxygens (including phenoxy) is 1. The van der Waals surface area contributed by atoms with Gasteiger partial charge < -0.3 is 10.1 Å². The van der Waals surface area contributed by atoms with E-state index in [9.17, 15) is 9.59 Å². The fourth-order valence-electron chi connectivity index (χ4n) is 3.02. The van der Waals surface area contributed by atoms with Gasteiger partial charge in [-0.05, 0) is 41.8 Å². The van der Waals surface area contributed by atoms with Gasteiger partial charge in [0.05, 0.1) is 24.9 Å². The number of hydrogen-bond acceptors (Lipinski definition) is 4. The van der Waals surface area contributed by atoms with E-state index in [0.717, 1.165) is 40.0 Å². The maximum absolute atomic E-state index is 12.9. The van der Waals surface area contributed by atoms with Gasteiger partial charge in [-0.15, -0.1) is 0 Å². The molecule has 25 heavy (non-hydrogen) atoms. The summed E-state index contributed by atoms with van der Waals surface area (Å²) in [5, 5.41) is 3.28. The SMILES string of the molecule is COc1ccc(CC(=O)N(C(C)=O)c2cc(Br)cc3c2NCC3)cc1. The Morgan fingerprint density at radius 1 is 1.24 bits per heavy atom. The second-order valence-corrected chi connectivity index (χ2v) is 6.82. The third-order valence-electron chi connectivity index (χ3n) is 4.18. The van der Waals surface area contributed by atoms with Crippen molar-refractivity contribution >= 4 is 39.1 Å². The number of anilines is 2. The van der Waals surface area contributed by atoms with Crippen molar-refractivity contribution in [3.8, 4) is 5.75 Å². The number of methoxy groups -OCH3 is 1.